The number of hydrogen-bond acceptors (Lipinski definition) is 4. The fraction of sp³-hybridized carbons (Fsp3) is 0.556. The third-order valence-electron chi connectivity index (χ3n) is 2.50. The fourth-order valence-corrected chi connectivity index (χ4v) is 1.77. The number of hydrogen-bond donors (Lipinski definition) is 1. The van der Waals surface area contributed by atoms with E-state index in [1.807, 2.05) is 0 Å². The van der Waals surface area contributed by atoms with Crippen LogP contribution in [0, 0.1) is 5.92 Å². The van der Waals surface area contributed by atoms with Crippen LogP contribution in [0.4, 0.5) is 0 Å². The van der Waals surface area contributed by atoms with Gasteiger partial charge < -0.3 is 4.74 Å². The Morgan fingerprint density at radius 2 is 2.50 bits per heavy atom. The Morgan fingerprint density at radius 3 is 3.21 bits per heavy atom. The van der Waals surface area contributed by atoms with Crippen LogP contribution < -0.4 is 5.43 Å². The SMILES string of the molecule is COC(=O)C1C=C2CCCN2NC1=O. The van der Waals surface area contributed by atoms with Gasteiger partial charge in [0.05, 0.1) is 7.11 Å². The Labute approximate surface area is 81.7 Å². The van der Waals surface area contributed by atoms with E-state index in [1.54, 1.807) is 11.1 Å². The normalized spacial score (nSPS) is 25.2. The summed E-state index contributed by atoms with van der Waals surface area (Å²) in [6.45, 7) is 0.825. The van der Waals surface area contributed by atoms with Crippen LogP contribution in [0.15, 0.2) is 11.8 Å². The molecule has 1 N–H and O–H groups in total. The van der Waals surface area contributed by atoms with Crippen LogP contribution in [-0.4, -0.2) is 30.5 Å². The summed E-state index contributed by atoms with van der Waals surface area (Å²) in [4.78, 5) is 22.7. The Balaban J connectivity index is 2.22. The monoisotopic (exact) mass is 196 g/mol. The summed E-state index contributed by atoms with van der Waals surface area (Å²) in [6, 6.07) is 0. The lowest BCUT2D eigenvalue weighted by atomic mass is 10.1. The van der Waals surface area contributed by atoms with Crippen molar-refractivity contribution < 1.29 is 14.3 Å². The van der Waals surface area contributed by atoms with Crippen LogP contribution in [0.2, 0.25) is 0 Å². The van der Waals surface area contributed by atoms with E-state index in [0.717, 1.165) is 25.1 Å². The molecule has 5 nitrogen and oxygen atoms in total. The van der Waals surface area contributed by atoms with E-state index >= 15 is 0 Å². The summed E-state index contributed by atoms with van der Waals surface area (Å²) >= 11 is 0. The second-order valence-electron chi connectivity index (χ2n) is 3.39. The molecule has 0 radical (unpaired) electrons. The largest absolute Gasteiger partial charge is 0.468 e. The van der Waals surface area contributed by atoms with Crippen molar-refractivity contribution in [2.45, 2.75) is 12.8 Å². The van der Waals surface area contributed by atoms with Gasteiger partial charge in [0.25, 0.3) is 5.91 Å². The third kappa shape index (κ3) is 1.34. The first-order valence-electron chi connectivity index (χ1n) is 4.59. The van der Waals surface area contributed by atoms with Gasteiger partial charge in [-0.25, -0.2) is 0 Å². The van der Waals surface area contributed by atoms with E-state index in [4.69, 9.17) is 0 Å². The molecule has 0 aromatic carbocycles. The number of allylic oxidation sites excluding steroid dienone is 1. The molecule has 14 heavy (non-hydrogen) atoms. The first-order valence-corrected chi connectivity index (χ1v) is 4.59. The molecule has 0 bridgehead atoms. The number of hydrazine groups is 1. The summed E-state index contributed by atoms with van der Waals surface area (Å²) in [5.74, 6) is -1.58. The van der Waals surface area contributed by atoms with Crippen molar-refractivity contribution in [3.05, 3.63) is 11.8 Å². The molecule has 2 aliphatic rings. The maximum absolute atomic E-state index is 11.4. The fourth-order valence-electron chi connectivity index (χ4n) is 1.77. The number of nitrogens with zero attached hydrogens (tertiary/aromatic N) is 1. The van der Waals surface area contributed by atoms with E-state index in [2.05, 4.69) is 10.2 Å². The zero-order valence-corrected chi connectivity index (χ0v) is 7.95. The second-order valence-corrected chi connectivity index (χ2v) is 3.39. The molecule has 2 heterocycles. The van der Waals surface area contributed by atoms with Gasteiger partial charge in [-0.1, -0.05) is 0 Å². The number of nitrogens with one attached hydrogen (secondary N) is 1. The van der Waals surface area contributed by atoms with Gasteiger partial charge >= 0.3 is 5.97 Å². The van der Waals surface area contributed by atoms with Gasteiger partial charge in [-0.05, 0) is 18.9 Å². The molecule has 0 saturated carbocycles. The lowest BCUT2D eigenvalue weighted by Gasteiger charge is -2.27. The molecular weight excluding hydrogens is 184 g/mol. The molecule has 1 fully saturated rings. The maximum Gasteiger partial charge on any atom is 0.322 e. The van der Waals surface area contributed by atoms with E-state index in [0.29, 0.717) is 0 Å². The highest BCUT2D eigenvalue weighted by molar-refractivity contribution is 6.00. The van der Waals surface area contributed by atoms with Crippen molar-refractivity contribution in [3.8, 4) is 0 Å². The topological polar surface area (TPSA) is 58.6 Å². The number of carbonyl (C=O) groups is 2. The lowest BCUT2D eigenvalue weighted by molar-refractivity contribution is -0.149. The first kappa shape index (κ1) is 9.05. The predicted octanol–water partition coefficient (Wildman–Crippen LogP) is -0.200. The maximum atomic E-state index is 11.4. The summed E-state index contributed by atoms with van der Waals surface area (Å²) < 4.78 is 4.55. The number of carbonyl (C=O) groups excluding carboxylic acids is 2. The Hall–Kier alpha value is -1.52. The number of amides is 1. The molecule has 2 rings (SSSR count). The zero-order valence-electron chi connectivity index (χ0n) is 7.95. The van der Waals surface area contributed by atoms with Gasteiger partial charge in [-0.15, -0.1) is 0 Å². The predicted molar refractivity (Wildman–Crippen MR) is 47.7 cm³/mol. The standard InChI is InChI=1S/C9H12N2O3/c1-14-9(13)7-5-6-3-2-4-11(6)10-8(7)12/h5,7H,2-4H2,1H3,(H,10,12). The van der Waals surface area contributed by atoms with Crippen molar-refractivity contribution in [2.75, 3.05) is 13.7 Å². The highest BCUT2D eigenvalue weighted by Gasteiger charge is 2.34. The van der Waals surface area contributed by atoms with Crippen LogP contribution >= 0.6 is 0 Å². The number of rotatable bonds is 1. The molecular formula is C9H12N2O3. The summed E-state index contributed by atoms with van der Waals surface area (Å²) in [7, 11) is 1.29. The Morgan fingerprint density at radius 1 is 1.71 bits per heavy atom. The van der Waals surface area contributed by atoms with Gasteiger partial charge in [0.15, 0.2) is 5.92 Å². The summed E-state index contributed by atoms with van der Waals surface area (Å²) in [6.07, 6.45) is 3.62. The van der Waals surface area contributed by atoms with Crippen molar-refractivity contribution in [1.82, 2.24) is 10.4 Å². The quantitative estimate of drug-likeness (QED) is 0.466. The molecule has 1 amide bonds. The van der Waals surface area contributed by atoms with Gasteiger partial charge in [-0.2, -0.15) is 0 Å². The molecule has 5 heteroatoms. The smallest absolute Gasteiger partial charge is 0.322 e. The van der Waals surface area contributed by atoms with Crippen LogP contribution in [-0.2, 0) is 14.3 Å². The Bertz CT molecular complexity index is 311. The van der Waals surface area contributed by atoms with Crippen LogP contribution in [0.5, 0.6) is 0 Å². The third-order valence-corrected chi connectivity index (χ3v) is 2.50. The number of fused-ring (bicyclic) bond motifs is 1. The van der Waals surface area contributed by atoms with E-state index in [-0.39, 0.29) is 5.91 Å². The highest BCUT2D eigenvalue weighted by Crippen LogP contribution is 2.24. The van der Waals surface area contributed by atoms with E-state index in [9.17, 15) is 9.59 Å². The highest BCUT2D eigenvalue weighted by atomic mass is 16.5. The first-order chi connectivity index (χ1) is 6.72. The van der Waals surface area contributed by atoms with Crippen molar-refractivity contribution in [2.24, 2.45) is 5.92 Å². The molecule has 76 valence electrons. The minimum Gasteiger partial charge on any atom is -0.468 e. The zero-order chi connectivity index (χ0) is 10.1. The molecule has 1 unspecified atom stereocenters. The minimum atomic E-state index is -0.774. The lowest BCUT2D eigenvalue weighted by Crippen LogP contribution is -2.48. The molecule has 2 aliphatic heterocycles. The summed E-state index contributed by atoms with van der Waals surface area (Å²) in [5, 5.41) is 1.79. The molecule has 0 aliphatic carbocycles. The van der Waals surface area contributed by atoms with Crippen LogP contribution in [0.3, 0.4) is 0 Å². The van der Waals surface area contributed by atoms with Crippen molar-refractivity contribution >= 4 is 11.9 Å². The van der Waals surface area contributed by atoms with Gasteiger partial charge in [-0.3, -0.25) is 20.0 Å². The second kappa shape index (κ2) is 3.32. The average molecular weight is 196 g/mol. The number of methoxy groups -OCH3 is 1. The van der Waals surface area contributed by atoms with Crippen molar-refractivity contribution in [3.63, 3.8) is 0 Å². The molecule has 1 saturated heterocycles. The molecule has 0 aromatic rings. The van der Waals surface area contributed by atoms with Gasteiger partial charge in [0.2, 0.25) is 0 Å². The minimum absolute atomic E-state index is 0.303. The number of ether oxygens (including phenoxy) is 1. The Kier molecular flexibility index (Phi) is 2.15. The number of esters is 1. The van der Waals surface area contributed by atoms with E-state index < -0.39 is 11.9 Å². The van der Waals surface area contributed by atoms with Gasteiger partial charge in [0.1, 0.15) is 0 Å². The molecule has 1 atom stereocenters. The molecule has 0 aromatic heterocycles. The summed E-state index contributed by atoms with van der Waals surface area (Å²) in [5.41, 5.74) is 3.68. The van der Waals surface area contributed by atoms with Crippen LogP contribution in [0.25, 0.3) is 0 Å². The van der Waals surface area contributed by atoms with Gasteiger partial charge in [0, 0.05) is 12.2 Å². The van der Waals surface area contributed by atoms with E-state index in [1.165, 1.54) is 7.11 Å². The average Bonchev–Trinajstić information content (AvgIpc) is 2.62. The van der Waals surface area contributed by atoms with Crippen molar-refractivity contribution in [1.29, 1.82) is 0 Å². The van der Waals surface area contributed by atoms with Crippen LogP contribution in [0.1, 0.15) is 12.8 Å². The molecule has 0 spiro atoms.